The van der Waals surface area contributed by atoms with E-state index in [4.69, 9.17) is 23.2 Å². The molecule has 62 valence electrons. The third-order valence-corrected chi connectivity index (χ3v) is 2.84. The van der Waals surface area contributed by atoms with E-state index >= 15 is 0 Å². The Kier molecular flexibility index (Phi) is 1.94. The zero-order valence-electron chi connectivity index (χ0n) is 6.14. The quantitative estimate of drug-likeness (QED) is 0.501. The zero-order chi connectivity index (χ0) is 8.72. The summed E-state index contributed by atoms with van der Waals surface area (Å²) in [4.78, 5) is 9.89. The molecule has 0 aliphatic rings. The molecule has 0 saturated carbocycles. The zero-order valence-corrected chi connectivity index (χ0v) is 8.46. The van der Waals surface area contributed by atoms with Gasteiger partial charge < -0.3 is 0 Å². The number of fused-ring (bicyclic) bond motifs is 1. The van der Waals surface area contributed by atoms with Crippen LogP contribution >= 0.6 is 34.5 Å². The number of halogens is 2. The predicted molar refractivity (Wildman–Crippen MR) is 52.2 cm³/mol. The molecule has 2 rings (SSSR count). The summed E-state index contributed by atoms with van der Waals surface area (Å²) < 4.78 is 0. The Bertz CT molecular complexity index is 438. The van der Waals surface area contributed by atoms with Crippen LogP contribution in [0.15, 0.2) is 6.07 Å². The van der Waals surface area contributed by atoms with Crippen LogP contribution in [0, 0.1) is 6.92 Å². The average Bonchev–Trinajstić information content (AvgIpc) is 2.29. The SMILES string of the molecule is Cc1cc2c(Cl)nc(Cl)nc2s1. The van der Waals surface area contributed by atoms with Crippen LogP contribution in [0.25, 0.3) is 10.2 Å². The van der Waals surface area contributed by atoms with Gasteiger partial charge >= 0.3 is 0 Å². The highest BCUT2D eigenvalue weighted by Gasteiger charge is 2.06. The summed E-state index contributed by atoms with van der Waals surface area (Å²) in [6, 6.07) is 1.96. The van der Waals surface area contributed by atoms with Crippen molar-refractivity contribution >= 4 is 44.8 Å². The molecule has 0 aliphatic heterocycles. The lowest BCUT2D eigenvalue weighted by Crippen LogP contribution is -1.81. The summed E-state index contributed by atoms with van der Waals surface area (Å²) in [6.45, 7) is 2.00. The van der Waals surface area contributed by atoms with E-state index in [1.54, 1.807) is 11.3 Å². The molecule has 0 aromatic carbocycles. The van der Waals surface area contributed by atoms with Crippen LogP contribution in [-0.2, 0) is 0 Å². The number of hydrogen-bond acceptors (Lipinski definition) is 3. The van der Waals surface area contributed by atoms with Crippen molar-refractivity contribution in [3.05, 3.63) is 21.4 Å². The van der Waals surface area contributed by atoms with Crippen LogP contribution in [0.1, 0.15) is 4.88 Å². The van der Waals surface area contributed by atoms with E-state index in [0.29, 0.717) is 5.15 Å². The number of hydrogen-bond donors (Lipinski definition) is 0. The van der Waals surface area contributed by atoms with E-state index in [9.17, 15) is 0 Å². The maximum atomic E-state index is 5.85. The first-order valence-electron chi connectivity index (χ1n) is 3.26. The minimum absolute atomic E-state index is 0.203. The number of thiophene rings is 1. The summed E-state index contributed by atoms with van der Waals surface area (Å²) in [5, 5.41) is 1.51. The maximum Gasteiger partial charge on any atom is 0.225 e. The van der Waals surface area contributed by atoms with E-state index < -0.39 is 0 Å². The molecule has 0 amide bonds. The Morgan fingerprint density at radius 3 is 2.83 bits per heavy atom. The lowest BCUT2D eigenvalue weighted by molar-refractivity contribution is 1.23. The van der Waals surface area contributed by atoms with Gasteiger partial charge in [0.2, 0.25) is 5.28 Å². The fourth-order valence-corrected chi connectivity index (χ4v) is 2.40. The summed E-state index contributed by atoms with van der Waals surface area (Å²) in [6.07, 6.45) is 0. The van der Waals surface area contributed by atoms with Crippen LogP contribution in [0.5, 0.6) is 0 Å². The van der Waals surface area contributed by atoms with Gasteiger partial charge in [0.1, 0.15) is 9.98 Å². The largest absolute Gasteiger partial charge is 0.225 e. The Hall–Kier alpha value is -0.380. The van der Waals surface area contributed by atoms with Crippen LogP contribution < -0.4 is 0 Å². The van der Waals surface area contributed by atoms with Crippen molar-refractivity contribution in [1.29, 1.82) is 0 Å². The minimum Gasteiger partial charge on any atom is -0.207 e. The topological polar surface area (TPSA) is 25.8 Å². The molecule has 0 bridgehead atoms. The maximum absolute atomic E-state index is 5.85. The summed E-state index contributed by atoms with van der Waals surface area (Å²) >= 11 is 13.0. The highest BCUT2D eigenvalue weighted by Crippen LogP contribution is 2.28. The highest BCUT2D eigenvalue weighted by atomic mass is 35.5. The van der Waals surface area contributed by atoms with Gasteiger partial charge in [-0.3, -0.25) is 0 Å². The molecule has 2 aromatic rings. The molecule has 2 nitrogen and oxygen atoms in total. The fraction of sp³-hybridized carbons (Fsp3) is 0.143. The first-order chi connectivity index (χ1) is 5.66. The van der Waals surface area contributed by atoms with Crippen molar-refractivity contribution in [3.8, 4) is 0 Å². The number of rotatable bonds is 0. The fourth-order valence-electron chi connectivity index (χ4n) is 0.983. The predicted octanol–water partition coefficient (Wildman–Crippen LogP) is 3.31. The average molecular weight is 219 g/mol. The third kappa shape index (κ3) is 1.28. The lowest BCUT2D eigenvalue weighted by Gasteiger charge is -1.91. The number of nitrogens with zero attached hydrogens (tertiary/aromatic N) is 2. The first kappa shape index (κ1) is 8.23. The van der Waals surface area contributed by atoms with Gasteiger partial charge in [-0.1, -0.05) is 11.6 Å². The molecular formula is C7H4Cl2N2S. The second kappa shape index (κ2) is 2.83. The van der Waals surface area contributed by atoms with Crippen LogP contribution in [0.2, 0.25) is 10.4 Å². The molecule has 0 aliphatic carbocycles. The van der Waals surface area contributed by atoms with Crippen LogP contribution in [0.3, 0.4) is 0 Å². The van der Waals surface area contributed by atoms with E-state index in [-0.39, 0.29) is 5.28 Å². The molecular weight excluding hydrogens is 215 g/mol. The van der Waals surface area contributed by atoms with Gasteiger partial charge in [0.15, 0.2) is 0 Å². The molecule has 5 heteroatoms. The molecule has 0 saturated heterocycles. The van der Waals surface area contributed by atoms with Crippen LogP contribution in [0.4, 0.5) is 0 Å². The van der Waals surface area contributed by atoms with Crippen molar-refractivity contribution in [2.75, 3.05) is 0 Å². The Morgan fingerprint density at radius 1 is 1.33 bits per heavy atom. The van der Waals surface area contributed by atoms with Gasteiger partial charge in [-0.05, 0) is 24.6 Å². The summed E-state index contributed by atoms with van der Waals surface area (Å²) in [7, 11) is 0. The van der Waals surface area contributed by atoms with Gasteiger partial charge in [0, 0.05) is 10.3 Å². The molecule has 0 fully saturated rings. The van der Waals surface area contributed by atoms with Crippen molar-refractivity contribution < 1.29 is 0 Å². The Balaban J connectivity index is 2.88. The molecule has 0 spiro atoms. The van der Waals surface area contributed by atoms with E-state index in [0.717, 1.165) is 15.1 Å². The third-order valence-electron chi connectivity index (χ3n) is 1.44. The van der Waals surface area contributed by atoms with Gasteiger partial charge in [-0.2, -0.15) is 0 Å². The number of aromatic nitrogens is 2. The lowest BCUT2D eigenvalue weighted by atomic mass is 10.4. The second-order valence-electron chi connectivity index (χ2n) is 2.36. The van der Waals surface area contributed by atoms with Crippen molar-refractivity contribution in [2.45, 2.75) is 6.92 Å². The van der Waals surface area contributed by atoms with Crippen molar-refractivity contribution in [2.24, 2.45) is 0 Å². The molecule has 0 atom stereocenters. The molecule has 0 unspecified atom stereocenters. The van der Waals surface area contributed by atoms with Crippen molar-refractivity contribution in [3.63, 3.8) is 0 Å². The second-order valence-corrected chi connectivity index (χ2v) is 4.29. The van der Waals surface area contributed by atoms with Gasteiger partial charge in [0.05, 0.1) is 0 Å². The highest BCUT2D eigenvalue weighted by molar-refractivity contribution is 7.18. The summed E-state index contributed by atoms with van der Waals surface area (Å²) in [5.41, 5.74) is 0. The van der Waals surface area contributed by atoms with Gasteiger partial charge in [0.25, 0.3) is 0 Å². The molecule has 0 N–H and O–H groups in total. The van der Waals surface area contributed by atoms with E-state index in [2.05, 4.69) is 9.97 Å². The number of aryl methyl sites for hydroxylation is 1. The van der Waals surface area contributed by atoms with Gasteiger partial charge in [-0.15, -0.1) is 11.3 Å². The van der Waals surface area contributed by atoms with E-state index in [1.807, 2.05) is 13.0 Å². The first-order valence-corrected chi connectivity index (χ1v) is 4.83. The molecule has 2 aromatic heterocycles. The monoisotopic (exact) mass is 218 g/mol. The molecule has 2 heterocycles. The van der Waals surface area contributed by atoms with Crippen molar-refractivity contribution in [1.82, 2.24) is 9.97 Å². The normalized spacial score (nSPS) is 10.9. The summed E-state index contributed by atoms with van der Waals surface area (Å²) in [5.74, 6) is 0. The van der Waals surface area contributed by atoms with Gasteiger partial charge in [-0.25, -0.2) is 9.97 Å². The molecule has 12 heavy (non-hydrogen) atoms. The molecule has 0 radical (unpaired) electrons. The standard InChI is InChI=1S/C7H4Cl2N2S/c1-3-2-4-5(8)10-7(9)11-6(4)12-3/h2H,1H3. The van der Waals surface area contributed by atoms with Crippen LogP contribution in [-0.4, -0.2) is 9.97 Å². The Morgan fingerprint density at radius 2 is 2.08 bits per heavy atom. The van der Waals surface area contributed by atoms with E-state index in [1.165, 1.54) is 0 Å². The Labute approximate surface area is 83.2 Å². The smallest absolute Gasteiger partial charge is 0.207 e. The minimum atomic E-state index is 0.203.